The number of thiocarbonyl (C=S) groups is 1. The van der Waals surface area contributed by atoms with Gasteiger partial charge in [-0.05, 0) is 43.6 Å². The molecule has 0 saturated heterocycles. The van der Waals surface area contributed by atoms with E-state index >= 15 is 0 Å². The zero-order chi connectivity index (χ0) is 26.2. The third-order valence-electron chi connectivity index (χ3n) is 3.51. The number of aromatic amines is 5. The average Bonchev–Trinajstić information content (AvgIpc) is 3.66. The van der Waals surface area contributed by atoms with Gasteiger partial charge in [0.2, 0.25) is 11.9 Å². The highest BCUT2D eigenvalue weighted by Crippen LogP contribution is 1.96. The first-order valence-corrected chi connectivity index (χ1v) is 11.2. The minimum atomic E-state index is 0.303. The first-order valence-electron chi connectivity index (χ1n) is 9.59. The number of nitrogens with zero attached hydrogens (tertiary/aromatic N) is 6. The average molecular weight is 558 g/mol. The third-order valence-corrected chi connectivity index (χ3v) is 4.78. The first-order chi connectivity index (χ1) is 16.6. The highest BCUT2D eigenvalue weighted by molar-refractivity contribution is 7.80. The lowest BCUT2D eigenvalue weighted by atomic mass is 10.5. The number of hydrogen-bond donors (Lipinski definition) is 9. The molecular formula is C16H27N15S4. The fourth-order valence-corrected chi connectivity index (χ4v) is 2.31. The molecule has 0 bridgehead atoms. The summed E-state index contributed by atoms with van der Waals surface area (Å²) in [7, 11) is 3.60. The van der Waals surface area contributed by atoms with Gasteiger partial charge in [-0.2, -0.15) is 10.1 Å². The topological polar surface area (TPSA) is 216 Å². The molecule has 0 spiro atoms. The Morgan fingerprint density at radius 3 is 1.97 bits per heavy atom. The van der Waals surface area contributed by atoms with E-state index in [4.69, 9.17) is 48.2 Å². The van der Waals surface area contributed by atoms with Gasteiger partial charge >= 0.3 is 0 Å². The highest BCUT2D eigenvalue weighted by atomic mass is 32.1. The number of aryl methyl sites for hydroxylation is 2. The molecule has 0 saturated carbocycles. The zero-order valence-electron chi connectivity index (χ0n) is 19.1. The molecule has 1 aliphatic rings. The highest BCUT2D eigenvalue weighted by Gasteiger charge is 1.95. The molecular weight excluding hydrogens is 531 g/mol. The molecule has 0 radical (unpaired) electrons. The van der Waals surface area contributed by atoms with Crippen molar-refractivity contribution < 1.29 is 0 Å². The first kappa shape index (κ1) is 29.5. The summed E-state index contributed by atoms with van der Waals surface area (Å²) in [6.45, 7) is 1.80. The van der Waals surface area contributed by atoms with Crippen LogP contribution in [0.2, 0.25) is 0 Å². The Labute approximate surface area is 220 Å². The monoisotopic (exact) mass is 557 g/mol. The lowest BCUT2D eigenvalue weighted by Crippen LogP contribution is -2.11. The van der Waals surface area contributed by atoms with Gasteiger partial charge in [-0.3, -0.25) is 25.3 Å². The van der Waals surface area contributed by atoms with Gasteiger partial charge in [0.15, 0.2) is 9.54 Å². The van der Waals surface area contributed by atoms with Gasteiger partial charge in [-0.25, -0.2) is 10.9 Å². The van der Waals surface area contributed by atoms with E-state index in [0.29, 0.717) is 21.4 Å². The van der Waals surface area contributed by atoms with Gasteiger partial charge < -0.3 is 20.7 Å². The SMILES string of the molecule is Cc1nc(N)n[nH]1.Cn1c(NN)n[nH]c1=S.Cn1cn[nH]c1=S.S=C1CC=CN1.S=c1cc[nH][nH]1. The van der Waals surface area contributed by atoms with E-state index in [0.717, 1.165) is 21.9 Å². The van der Waals surface area contributed by atoms with Crippen molar-refractivity contribution in [3.63, 3.8) is 0 Å². The molecule has 15 nitrogen and oxygen atoms in total. The maximum absolute atomic E-state index is 5.13. The molecule has 35 heavy (non-hydrogen) atoms. The Kier molecular flexibility index (Phi) is 13.6. The number of anilines is 2. The van der Waals surface area contributed by atoms with Gasteiger partial charge in [0, 0.05) is 26.7 Å². The predicted octanol–water partition coefficient (Wildman–Crippen LogP) is 1.83. The van der Waals surface area contributed by atoms with E-state index in [9.17, 15) is 0 Å². The standard InChI is InChI=1S/C4H5NS.C3H7N5S.C3H6N4.C3H5N3S.C3H4N2S/c6-4-2-1-3-5-4;1-8-2(5-4)6-7-3(8)9;1-2-5-3(4)7-6-2;1-6-2-4-5-3(6)7;6-3-1-2-4-5-3/h1,3H,2H2,(H,5,6);4H2,1H3,(H,5,6)(H,7,9);1H3,(H3,4,5,6,7);2H,1H3,(H,5,7);1-2H,(H2,4,5,6). The van der Waals surface area contributed by atoms with Crippen molar-refractivity contribution in [2.45, 2.75) is 13.3 Å². The summed E-state index contributed by atoms with van der Waals surface area (Å²) < 4.78 is 5.31. The van der Waals surface area contributed by atoms with Crippen LogP contribution in [0.1, 0.15) is 12.2 Å². The number of rotatable bonds is 1. The molecule has 4 aromatic heterocycles. The van der Waals surface area contributed by atoms with Crippen molar-refractivity contribution in [2.24, 2.45) is 19.9 Å². The predicted molar refractivity (Wildman–Crippen MR) is 146 cm³/mol. The van der Waals surface area contributed by atoms with Crippen molar-refractivity contribution in [1.82, 2.24) is 60.2 Å². The third kappa shape index (κ3) is 12.5. The Morgan fingerprint density at radius 2 is 1.80 bits per heavy atom. The van der Waals surface area contributed by atoms with Crippen LogP contribution >= 0.6 is 48.9 Å². The van der Waals surface area contributed by atoms with Crippen LogP contribution in [0.25, 0.3) is 0 Å². The second-order valence-electron chi connectivity index (χ2n) is 6.25. The fourth-order valence-electron chi connectivity index (χ4n) is 1.79. The largest absolute Gasteiger partial charge is 0.367 e. The molecule has 5 rings (SSSR count). The van der Waals surface area contributed by atoms with E-state index in [-0.39, 0.29) is 0 Å². The van der Waals surface area contributed by atoms with Crippen molar-refractivity contribution in [3.8, 4) is 0 Å². The molecule has 11 N–H and O–H groups in total. The van der Waals surface area contributed by atoms with Crippen LogP contribution in [-0.4, -0.2) is 59.9 Å². The zero-order valence-corrected chi connectivity index (χ0v) is 22.3. The van der Waals surface area contributed by atoms with Crippen molar-refractivity contribution in [3.05, 3.63) is 50.9 Å². The van der Waals surface area contributed by atoms with Gasteiger partial charge in [0.25, 0.3) is 0 Å². The second-order valence-corrected chi connectivity index (χ2v) is 7.95. The van der Waals surface area contributed by atoms with E-state index < -0.39 is 0 Å². The molecule has 4 aromatic rings. The van der Waals surface area contributed by atoms with Crippen LogP contribution in [0.3, 0.4) is 0 Å². The van der Waals surface area contributed by atoms with Crippen molar-refractivity contribution in [2.75, 3.05) is 11.2 Å². The number of nitrogen functional groups attached to an aromatic ring is 2. The molecule has 0 aromatic carbocycles. The summed E-state index contributed by atoms with van der Waals surface area (Å²) in [5.74, 6) is 6.64. The van der Waals surface area contributed by atoms with Crippen LogP contribution in [-0.2, 0) is 14.1 Å². The molecule has 0 atom stereocenters. The smallest absolute Gasteiger partial charge is 0.239 e. The van der Waals surface area contributed by atoms with Gasteiger partial charge in [0.05, 0.1) is 4.99 Å². The van der Waals surface area contributed by atoms with Crippen molar-refractivity contribution >= 4 is 65.8 Å². The van der Waals surface area contributed by atoms with E-state index in [1.807, 2.05) is 19.3 Å². The van der Waals surface area contributed by atoms with Gasteiger partial charge in [0.1, 0.15) is 16.8 Å². The lowest BCUT2D eigenvalue weighted by molar-refractivity contribution is 0.892. The molecule has 5 heterocycles. The quantitative estimate of drug-likeness (QED) is 0.0930. The van der Waals surface area contributed by atoms with Crippen molar-refractivity contribution in [1.29, 1.82) is 0 Å². The van der Waals surface area contributed by atoms with Crippen LogP contribution in [0, 0.1) is 21.1 Å². The summed E-state index contributed by atoms with van der Waals surface area (Å²) in [4.78, 5) is 4.65. The number of nitrogens with two attached hydrogens (primary N) is 2. The molecule has 0 aliphatic carbocycles. The summed E-state index contributed by atoms with van der Waals surface area (Å²) >= 11 is 18.9. The molecule has 0 fully saturated rings. The normalized spacial score (nSPS) is 10.8. The summed E-state index contributed by atoms with van der Waals surface area (Å²) in [6, 6.07) is 1.79. The fraction of sp³-hybridized carbons (Fsp3) is 0.250. The molecule has 0 unspecified atom stereocenters. The number of hydrazine groups is 1. The van der Waals surface area contributed by atoms with Crippen LogP contribution in [0.15, 0.2) is 30.9 Å². The lowest BCUT2D eigenvalue weighted by Gasteiger charge is -1.94. The van der Waals surface area contributed by atoms with E-state index in [2.05, 4.69) is 68.7 Å². The number of H-pyrrole nitrogens is 5. The molecule has 19 heteroatoms. The maximum atomic E-state index is 5.13. The Morgan fingerprint density at radius 1 is 1.06 bits per heavy atom. The van der Waals surface area contributed by atoms with E-state index in [1.54, 1.807) is 41.7 Å². The molecule has 190 valence electrons. The summed E-state index contributed by atoms with van der Waals surface area (Å²) in [5.41, 5.74) is 7.50. The Hall–Kier alpha value is -3.52. The minimum Gasteiger partial charge on any atom is -0.367 e. The Balaban J connectivity index is 0.000000220. The molecule has 1 aliphatic heterocycles. The minimum absolute atomic E-state index is 0.303. The maximum Gasteiger partial charge on any atom is 0.239 e. The van der Waals surface area contributed by atoms with Gasteiger partial charge in [-0.15, -0.1) is 10.2 Å². The van der Waals surface area contributed by atoms with E-state index in [1.165, 1.54) is 0 Å². The number of aromatic nitrogens is 11. The number of hydrogen-bond acceptors (Lipinski definition) is 11. The second kappa shape index (κ2) is 16.2. The number of nitrogens with one attached hydrogen (secondary N) is 7. The summed E-state index contributed by atoms with van der Waals surface area (Å²) in [6.07, 6.45) is 8.17. The summed E-state index contributed by atoms with van der Waals surface area (Å²) in [5, 5.41) is 27.0. The van der Waals surface area contributed by atoms with Crippen LogP contribution < -0.4 is 22.3 Å². The van der Waals surface area contributed by atoms with Gasteiger partial charge in [-0.1, -0.05) is 30.5 Å². The molecule has 0 amide bonds. The Bertz CT molecular complexity index is 1290. The van der Waals surface area contributed by atoms with Crippen LogP contribution in [0.4, 0.5) is 11.9 Å². The van der Waals surface area contributed by atoms with Crippen LogP contribution in [0.5, 0.6) is 0 Å².